The average molecular weight is 290 g/mol. The molecular weight excluding hydrogens is 280 g/mol. The molecule has 0 spiro atoms. The molecule has 1 aromatic carbocycles. The topological polar surface area (TPSA) is 49.4 Å². The Morgan fingerprint density at radius 3 is 2.60 bits per heavy atom. The number of benzene rings is 1. The normalized spacial score (nSPS) is 16.0. The van der Waals surface area contributed by atoms with Gasteiger partial charge in [-0.1, -0.05) is 6.07 Å². The molecule has 4 nitrogen and oxygen atoms in total. The van der Waals surface area contributed by atoms with Crippen LogP contribution >= 0.6 is 0 Å². The highest BCUT2D eigenvalue weighted by atomic mass is 19.4. The lowest BCUT2D eigenvalue weighted by Crippen LogP contribution is -2.50. The second-order valence-electron chi connectivity index (χ2n) is 4.24. The van der Waals surface area contributed by atoms with Crippen molar-refractivity contribution in [2.75, 3.05) is 19.6 Å². The van der Waals surface area contributed by atoms with E-state index in [1.165, 1.54) is 0 Å². The maximum Gasteiger partial charge on any atom is 0.419 e. The van der Waals surface area contributed by atoms with Crippen molar-refractivity contribution < 1.29 is 27.2 Å². The van der Waals surface area contributed by atoms with Gasteiger partial charge < -0.3 is 10.2 Å². The maximum atomic E-state index is 13.8. The number of piperazine rings is 1. The Balaban J connectivity index is 2.33. The van der Waals surface area contributed by atoms with Gasteiger partial charge in [-0.05, 0) is 12.1 Å². The molecule has 1 aliphatic heterocycles. The van der Waals surface area contributed by atoms with Crippen molar-refractivity contribution in [2.45, 2.75) is 6.18 Å². The predicted molar refractivity (Wildman–Crippen MR) is 60.3 cm³/mol. The van der Waals surface area contributed by atoms with Gasteiger partial charge in [-0.15, -0.1) is 0 Å². The minimum absolute atomic E-state index is 0.125. The van der Waals surface area contributed by atoms with Crippen LogP contribution in [0.1, 0.15) is 15.9 Å². The van der Waals surface area contributed by atoms with Gasteiger partial charge in [0.2, 0.25) is 5.91 Å². The van der Waals surface area contributed by atoms with Gasteiger partial charge >= 0.3 is 6.18 Å². The number of carbonyl (C=O) groups excluding carboxylic acids is 2. The summed E-state index contributed by atoms with van der Waals surface area (Å²) in [7, 11) is 0. The summed E-state index contributed by atoms with van der Waals surface area (Å²) in [5, 5.41) is 2.46. The highest BCUT2D eigenvalue weighted by Gasteiger charge is 2.36. The van der Waals surface area contributed by atoms with Crippen LogP contribution in [0.5, 0.6) is 0 Å². The minimum Gasteiger partial charge on any atom is -0.353 e. The van der Waals surface area contributed by atoms with Crippen LogP contribution in [-0.2, 0) is 11.0 Å². The largest absolute Gasteiger partial charge is 0.419 e. The van der Waals surface area contributed by atoms with Gasteiger partial charge in [0.1, 0.15) is 5.82 Å². The number of alkyl halides is 3. The minimum atomic E-state index is -4.88. The van der Waals surface area contributed by atoms with Crippen LogP contribution < -0.4 is 5.32 Å². The third kappa shape index (κ3) is 2.73. The van der Waals surface area contributed by atoms with E-state index in [1.54, 1.807) is 0 Å². The fourth-order valence-corrected chi connectivity index (χ4v) is 1.90. The fraction of sp³-hybridized carbons (Fsp3) is 0.333. The molecule has 0 bridgehead atoms. The van der Waals surface area contributed by atoms with Crippen LogP contribution in [0.2, 0.25) is 0 Å². The first kappa shape index (κ1) is 14.3. The van der Waals surface area contributed by atoms with Crippen LogP contribution in [0.3, 0.4) is 0 Å². The first-order valence-electron chi connectivity index (χ1n) is 5.72. The molecule has 0 aromatic heterocycles. The molecule has 8 heteroatoms. The molecular formula is C12H10F4N2O2. The van der Waals surface area contributed by atoms with Crippen LogP contribution in [0, 0.1) is 5.82 Å². The van der Waals surface area contributed by atoms with Gasteiger partial charge in [-0.2, -0.15) is 13.2 Å². The van der Waals surface area contributed by atoms with E-state index in [0.717, 1.165) is 17.0 Å². The molecule has 1 aromatic rings. The molecule has 0 saturated carbocycles. The predicted octanol–water partition coefficient (Wildman–Crippen LogP) is 1.42. The monoisotopic (exact) mass is 290 g/mol. The Labute approximate surface area is 111 Å². The molecule has 108 valence electrons. The van der Waals surface area contributed by atoms with Crippen LogP contribution in [0.4, 0.5) is 17.6 Å². The van der Waals surface area contributed by atoms with Crippen molar-refractivity contribution in [3.8, 4) is 0 Å². The fourth-order valence-electron chi connectivity index (χ4n) is 1.90. The van der Waals surface area contributed by atoms with Crippen molar-refractivity contribution in [3.05, 3.63) is 35.1 Å². The summed E-state index contributed by atoms with van der Waals surface area (Å²) < 4.78 is 51.5. The summed E-state index contributed by atoms with van der Waals surface area (Å²) in [5.74, 6) is -2.98. The van der Waals surface area contributed by atoms with E-state index < -0.39 is 34.9 Å². The zero-order chi connectivity index (χ0) is 14.9. The zero-order valence-electron chi connectivity index (χ0n) is 10.1. The van der Waals surface area contributed by atoms with E-state index >= 15 is 0 Å². The standard InChI is InChI=1S/C12H10F4N2O2/c13-10-7(2-1-3-8(10)12(14,15)16)11(20)18-5-4-17-9(19)6-18/h1-3H,4-6H2,(H,17,19). The van der Waals surface area contributed by atoms with Gasteiger partial charge in [-0.25, -0.2) is 4.39 Å². The number of rotatable bonds is 1. The molecule has 1 saturated heterocycles. The van der Waals surface area contributed by atoms with Crippen molar-refractivity contribution >= 4 is 11.8 Å². The molecule has 0 aliphatic carbocycles. The highest BCUT2D eigenvalue weighted by Crippen LogP contribution is 2.32. The Morgan fingerprint density at radius 2 is 2.00 bits per heavy atom. The van der Waals surface area contributed by atoms with Crippen molar-refractivity contribution in [1.29, 1.82) is 0 Å². The Morgan fingerprint density at radius 1 is 1.30 bits per heavy atom. The summed E-state index contributed by atoms with van der Waals surface area (Å²) in [6.45, 7) is 0.0138. The van der Waals surface area contributed by atoms with Crippen LogP contribution in [0.15, 0.2) is 18.2 Å². The Bertz CT molecular complexity index is 557. The van der Waals surface area contributed by atoms with Gasteiger partial charge in [0.25, 0.3) is 5.91 Å². The molecule has 2 rings (SSSR count). The van der Waals surface area contributed by atoms with Crippen LogP contribution in [0.25, 0.3) is 0 Å². The van der Waals surface area contributed by atoms with Crippen molar-refractivity contribution in [1.82, 2.24) is 10.2 Å². The number of carbonyl (C=O) groups is 2. The molecule has 0 atom stereocenters. The van der Waals surface area contributed by atoms with Crippen molar-refractivity contribution in [2.24, 2.45) is 0 Å². The van der Waals surface area contributed by atoms with E-state index in [0.29, 0.717) is 6.07 Å². The number of halogens is 4. The van der Waals surface area contributed by atoms with E-state index in [2.05, 4.69) is 5.32 Å². The molecule has 0 unspecified atom stereocenters. The molecule has 1 aliphatic rings. The molecule has 1 N–H and O–H groups in total. The second kappa shape index (κ2) is 5.10. The first-order valence-corrected chi connectivity index (χ1v) is 5.72. The number of nitrogens with one attached hydrogen (secondary N) is 1. The third-order valence-electron chi connectivity index (χ3n) is 2.86. The number of hydrogen-bond acceptors (Lipinski definition) is 2. The third-order valence-corrected chi connectivity index (χ3v) is 2.86. The van der Waals surface area contributed by atoms with Gasteiger partial charge in [0.15, 0.2) is 0 Å². The molecule has 0 radical (unpaired) electrons. The molecule has 1 heterocycles. The van der Waals surface area contributed by atoms with Crippen molar-refractivity contribution in [3.63, 3.8) is 0 Å². The quantitative estimate of drug-likeness (QED) is 0.795. The van der Waals surface area contributed by atoms with E-state index in [-0.39, 0.29) is 19.6 Å². The lowest BCUT2D eigenvalue weighted by Gasteiger charge is -2.27. The van der Waals surface area contributed by atoms with Gasteiger partial charge in [0.05, 0.1) is 17.7 Å². The van der Waals surface area contributed by atoms with E-state index in [9.17, 15) is 27.2 Å². The number of amides is 2. The maximum absolute atomic E-state index is 13.8. The highest BCUT2D eigenvalue weighted by molar-refractivity contribution is 5.97. The van der Waals surface area contributed by atoms with Gasteiger partial charge in [0, 0.05) is 13.1 Å². The molecule has 20 heavy (non-hydrogen) atoms. The lowest BCUT2D eigenvalue weighted by molar-refractivity contribution is -0.140. The summed E-state index contributed by atoms with van der Waals surface area (Å²) in [5.41, 5.74) is -2.18. The number of nitrogens with zero attached hydrogens (tertiary/aromatic N) is 1. The Hall–Kier alpha value is -2.12. The Kier molecular flexibility index (Phi) is 3.65. The van der Waals surface area contributed by atoms with Gasteiger partial charge in [-0.3, -0.25) is 9.59 Å². The summed E-state index contributed by atoms with van der Waals surface area (Å²) in [6, 6.07) is 2.50. The number of hydrogen-bond donors (Lipinski definition) is 1. The van der Waals surface area contributed by atoms with E-state index in [1.807, 2.05) is 0 Å². The average Bonchev–Trinajstić information content (AvgIpc) is 2.37. The van der Waals surface area contributed by atoms with E-state index in [4.69, 9.17) is 0 Å². The smallest absolute Gasteiger partial charge is 0.353 e. The molecule has 1 fully saturated rings. The summed E-state index contributed by atoms with van der Waals surface area (Å²) in [6.07, 6.45) is -4.88. The first-order chi connectivity index (χ1) is 9.30. The second-order valence-corrected chi connectivity index (χ2v) is 4.24. The summed E-state index contributed by atoms with van der Waals surface area (Å²) in [4.78, 5) is 24.1. The lowest BCUT2D eigenvalue weighted by atomic mass is 10.1. The zero-order valence-corrected chi connectivity index (χ0v) is 10.1. The SMILES string of the molecule is O=C1CN(C(=O)c2cccc(C(F)(F)F)c2F)CCN1. The van der Waals surface area contributed by atoms with Crippen LogP contribution in [-0.4, -0.2) is 36.3 Å². The molecule has 2 amide bonds. The summed E-state index contributed by atoms with van der Waals surface area (Å²) >= 11 is 0.